The van der Waals surface area contributed by atoms with Crippen molar-refractivity contribution in [3.8, 4) is 0 Å². The number of hydrogen-bond acceptors (Lipinski definition) is 2. The first-order valence-electron chi connectivity index (χ1n) is 6.90. The maximum atomic E-state index is 10.5. The summed E-state index contributed by atoms with van der Waals surface area (Å²) < 4.78 is 0. The van der Waals surface area contributed by atoms with E-state index >= 15 is 0 Å². The maximum absolute atomic E-state index is 10.5. The highest BCUT2D eigenvalue weighted by Crippen LogP contribution is 2.40. The van der Waals surface area contributed by atoms with Crippen LogP contribution in [0.15, 0.2) is 0 Å². The lowest BCUT2D eigenvalue weighted by molar-refractivity contribution is -0.117. The molecule has 0 aromatic rings. The Labute approximate surface area is 107 Å². The van der Waals surface area contributed by atoms with Crippen molar-refractivity contribution >= 4 is 6.41 Å². The number of carbonyl (C=O) groups excluding carboxylic acids is 1. The maximum Gasteiger partial charge on any atom is 0.209 e. The molecule has 0 aliphatic heterocycles. The van der Waals surface area contributed by atoms with Crippen LogP contribution in [0.3, 0.4) is 0 Å². The molecule has 1 aliphatic carbocycles. The number of rotatable bonds is 6. The van der Waals surface area contributed by atoms with Crippen molar-refractivity contribution in [3.63, 3.8) is 0 Å². The fourth-order valence-electron chi connectivity index (χ4n) is 2.35. The van der Waals surface area contributed by atoms with Crippen molar-refractivity contribution in [3.05, 3.63) is 0 Å². The molecule has 102 valence electrons. The third-order valence-electron chi connectivity index (χ3n) is 3.92. The van der Waals surface area contributed by atoms with E-state index in [9.17, 15) is 4.79 Å². The van der Waals surface area contributed by atoms with E-state index in [1.165, 1.54) is 19.3 Å². The first kappa shape index (κ1) is 16.4. The smallest absolute Gasteiger partial charge is 0.209 e. The Bertz CT molecular complexity index is 212. The standard InChI is InChI=1S/C12H24N2O.C2H6/c1-11(2)14(4)12(6-5-7-12)8-9-13(3)10-15;1-2/h10-11H,5-9H2,1-4H3;1-2H3. The highest BCUT2D eigenvalue weighted by Gasteiger charge is 2.41. The van der Waals surface area contributed by atoms with Gasteiger partial charge in [0.2, 0.25) is 6.41 Å². The van der Waals surface area contributed by atoms with Gasteiger partial charge in [0.05, 0.1) is 0 Å². The number of amides is 1. The molecule has 0 bridgehead atoms. The summed E-state index contributed by atoms with van der Waals surface area (Å²) in [4.78, 5) is 14.8. The van der Waals surface area contributed by atoms with Crippen molar-refractivity contribution in [2.45, 2.75) is 65.0 Å². The number of nitrogens with zero attached hydrogens (tertiary/aromatic N) is 2. The van der Waals surface area contributed by atoms with Gasteiger partial charge in [-0.25, -0.2) is 0 Å². The second-order valence-corrected chi connectivity index (χ2v) is 5.12. The van der Waals surface area contributed by atoms with Crippen LogP contribution in [0.2, 0.25) is 0 Å². The molecule has 0 atom stereocenters. The van der Waals surface area contributed by atoms with E-state index in [2.05, 4.69) is 25.8 Å². The predicted molar refractivity (Wildman–Crippen MR) is 74.1 cm³/mol. The van der Waals surface area contributed by atoms with Gasteiger partial charge in [0.25, 0.3) is 0 Å². The SMILES string of the molecule is CC.CC(C)N(C)C1(CCN(C)C=O)CCC1. The van der Waals surface area contributed by atoms with Crippen molar-refractivity contribution in [1.29, 1.82) is 0 Å². The Morgan fingerprint density at radius 3 is 2.06 bits per heavy atom. The van der Waals surface area contributed by atoms with Gasteiger partial charge in [-0.15, -0.1) is 0 Å². The molecule has 0 radical (unpaired) electrons. The van der Waals surface area contributed by atoms with E-state index in [0.29, 0.717) is 11.6 Å². The first-order valence-corrected chi connectivity index (χ1v) is 6.90. The molecule has 0 heterocycles. The van der Waals surface area contributed by atoms with E-state index in [0.717, 1.165) is 19.4 Å². The van der Waals surface area contributed by atoms with Gasteiger partial charge < -0.3 is 4.90 Å². The summed E-state index contributed by atoms with van der Waals surface area (Å²) in [5.41, 5.74) is 0.367. The molecule has 1 fully saturated rings. The topological polar surface area (TPSA) is 23.6 Å². The van der Waals surface area contributed by atoms with Gasteiger partial charge in [-0.1, -0.05) is 13.8 Å². The Hall–Kier alpha value is -0.570. The monoisotopic (exact) mass is 242 g/mol. The normalized spacial score (nSPS) is 17.2. The fraction of sp³-hybridized carbons (Fsp3) is 0.929. The fourth-order valence-corrected chi connectivity index (χ4v) is 2.35. The summed E-state index contributed by atoms with van der Waals surface area (Å²) in [5.74, 6) is 0. The van der Waals surface area contributed by atoms with Crippen LogP contribution in [-0.2, 0) is 4.79 Å². The van der Waals surface area contributed by atoms with Gasteiger partial charge in [-0.3, -0.25) is 9.69 Å². The molecule has 1 saturated carbocycles. The Kier molecular flexibility index (Phi) is 7.44. The number of hydrogen-bond donors (Lipinski definition) is 0. The van der Waals surface area contributed by atoms with Crippen LogP contribution in [-0.4, -0.2) is 48.4 Å². The predicted octanol–water partition coefficient (Wildman–Crippen LogP) is 2.75. The lowest BCUT2D eigenvalue weighted by Gasteiger charge is -2.51. The summed E-state index contributed by atoms with van der Waals surface area (Å²) in [7, 11) is 4.07. The third kappa shape index (κ3) is 4.30. The molecule has 1 aliphatic rings. The molecule has 1 amide bonds. The van der Waals surface area contributed by atoms with Gasteiger partial charge in [0.1, 0.15) is 0 Å². The van der Waals surface area contributed by atoms with E-state index in [1.807, 2.05) is 20.9 Å². The van der Waals surface area contributed by atoms with E-state index in [-0.39, 0.29) is 0 Å². The molecule has 0 spiro atoms. The van der Waals surface area contributed by atoms with Crippen molar-refractivity contribution in [2.24, 2.45) is 0 Å². The van der Waals surface area contributed by atoms with Gasteiger partial charge in [-0.05, 0) is 46.6 Å². The second kappa shape index (κ2) is 7.70. The average Bonchev–Trinajstić information content (AvgIpc) is 2.29. The van der Waals surface area contributed by atoms with Crippen LogP contribution in [0, 0.1) is 0 Å². The molecule has 3 nitrogen and oxygen atoms in total. The largest absolute Gasteiger partial charge is 0.348 e. The van der Waals surface area contributed by atoms with Crippen LogP contribution in [0.5, 0.6) is 0 Å². The molecule has 0 unspecified atom stereocenters. The number of carbonyl (C=O) groups is 1. The molecule has 1 rings (SSSR count). The molecular weight excluding hydrogens is 212 g/mol. The van der Waals surface area contributed by atoms with Crippen molar-refractivity contribution in [1.82, 2.24) is 9.80 Å². The van der Waals surface area contributed by atoms with E-state index < -0.39 is 0 Å². The molecule has 3 heteroatoms. The zero-order chi connectivity index (χ0) is 13.5. The second-order valence-electron chi connectivity index (χ2n) is 5.12. The summed E-state index contributed by atoms with van der Waals surface area (Å²) in [6.45, 7) is 9.35. The highest BCUT2D eigenvalue weighted by molar-refractivity contribution is 5.46. The van der Waals surface area contributed by atoms with Gasteiger partial charge in [0, 0.05) is 25.2 Å². The summed E-state index contributed by atoms with van der Waals surface area (Å²) >= 11 is 0. The zero-order valence-corrected chi connectivity index (χ0v) is 12.5. The molecular formula is C14H30N2O. The van der Waals surface area contributed by atoms with Crippen LogP contribution < -0.4 is 0 Å². The molecule has 0 aromatic heterocycles. The Balaban J connectivity index is 0.00000121. The minimum Gasteiger partial charge on any atom is -0.348 e. The van der Waals surface area contributed by atoms with Crippen LogP contribution in [0.4, 0.5) is 0 Å². The van der Waals surface area contributed by atoms with Crippen LogP contribution in [0.1, 0.15) is 53.4 Å². The molecule has 17 heavy (non-hydrogen) atoms. The highest BCUT2D eigenvalue weighted by atomic mass is 16.1. The quantitative estimate of drug-likeness (QED) is 0.669. The average molecular weight is 242 g/mol. The van der Waals surface area contributed by atoms with Gasteiger partial charge >= 0.3 is 0 Å². The first-order chi connectivity index (χ1) is 8.02. The van der Waals surface area contributed by atoms with Crippen molar-refractivity contribution < 1.29 is 4.79 Å². The minimum absolute atomic E-state index is 0.367. The molecule has 0 saturated heterocycles. The van der Waals surface area contributed by atoms with Crippen LogP contribution in [0.25, 0.3) is 0 Å². The van der Waals surface area contributed by atoms with E-state index in [4.69, 9.17) is 0 Å². The minimum atomic E-state index is 0.367. The third-order valence-corrected chi connectivity index (χ3v) is 3.92. The Morgan fingerprint density at radius 1 is 1.24 bits per heavy atom. The van der Waals surface area contributed by atoms with Crippen molar-refractivity contribution in [2.75, 3.05) is 20.6 Å². The van der Waals surface area contributed by atoms with Crippen LogP contribution >= 0.6 is 0 Å². The lowest BCUT2D eigenvalue weighted by atomic mass is 9.72. The summed E-state index contributed by atoms with van der Waals surface area (Å²) in [5, 5.41) is 0. The molecule has 0 N–H and O–H groups in total. The lowest BCUT2D eigenvalue weighted by Crippen LogP contribution is -2.55. The van der Waals surface area contributed by atoms with Gasteiger partial charge in [0.15, 0.2) is 0 Å². The zero-order valence-electron chi connectivity index (χ0n) is 12.5. The molecule has 0 aromatic carbocycles. The summed E-state index contributed by atoms with van der Waals surface area (Å²) in [6.07, 6.45) is 5.93. The Morgan fingerprint density at radius 2 is 1.76 bits per heavy atom. The van der Waals surface area contributed by atoms with E-state index in [1.54, 1.807) is 4.90 Å². The van der Waals surface area contributed by atoms with Gasteiger partial charge in [-0.2, -0.15) is 0 Å². The summed E-state index contributed by atoms with van der Waals surface area (Å²) in [6, 6.07) is 0.590.